The van der Waals surface area contributed by atoms with E-state index in [-0.39, 0.29) is 0 Å². The lowest BCUT2D eigenvalue weighted by Gasteiger charge is -2.41. The van der Waals surface area contributed by atoms with Gasteiger partial charge >= 0.3 is 0 Å². The van der Waals surface area contributed by atoms with Gasteiger partial charge in [0.05, 0.1) is 0 Å². The van der Waals surface area contributed by atoms with Crippen molar-refractivity contribution in [2.45, 2.75) is 53.4 Å². The Bertz CT molecular complexity index is 302. The molecular weight excluding hydrogens is 180 g/mol. The fourth-order valence-corrected chi connectivity index (χ4v) is 3.43. The Morgan fingerprint density at radius 1 is 1.20 bits per heavy atom. The van der Waals surface area contributed by atoms with Crippen molar-refractivity contribution in [3.8, 4) is 0 Å². The smallest absolute Gasteiger partial charge is 0.00127 e. The highest BCUT2D eigenvalue weighted by molar-refractivity contribution is 5.26. The first-order valence-corrected chi connectivity index (χ1v) is 6.43. The Balaban J connectivity index is 2.33. The van der Waals surface area contributed by atoms with Crippen LogP contribution in [-0.4, -0.2) is 0 Å². The first-order valence-electron chi connectivity index (χ1n) is 6.43. The zero-order valence-electron chi connectivity index (χ0n) is 10.6. The van der Waals surface area contributed by atoms with Gasteiger partial charge in [-0.1, -0.05) is 29.7 Å². The molecule has 84 valence electrons. The van der Waals surface area contributed by atoms with Crippen LogP contribution >= 0.6 is 0 Å². The molecule has 0 amide bonds. The molecule has 2 aliphatic carbocycles. The van der Waals surface area contributed by atoms with Crippen molar-refractivity contribution in [1.29, 1.82) is 0 Å². The summed E-state index contributed by atoms with van der Waals surface area (Å²) < 4.78 is 0. The number of hydrogen-bond donors (Lipinski definition) is 0. The monoisotopic (exact) mass is 204 g/mol. The maximum absolute atomic E-state index is 2.56. The minimum atomic E-state index is 0.785. The van der Waals surface area contributed by atoms with E-state index in [1.807, 2.05) is 0 Å². The van der Waals surface area contributed by atoms with Crippen LogP contribution in [0, 0.1) is 17.8 Å². The second kappa shape index (κ2) is 4.15. The molecule has 1 fully saturated rings. The lowest BCUT2D eigenvalue weighted by atomic mass is 9.64. The molecule has 0 radical (unpaired) electrons. The standard InChI is InChI=1S/C15H24/c1-10(2)13-8-6-12(4)14-7-5-11(3)9-15(13)14/h9,12,14-15H,5-8H2,1-4H3. The summed E-state index contributed by atoms with van der Waals surface area (Å²) >= 11 is 0. The number of rotatable bonds is 0. The fourth-order valence-electron chi connectivity index (χ4n) is 3.43. The summed E-state index contributed by atoms with van der Waals surface area (Å²) in [5, 5.41) is 0. The first-order chi connectivity index (χ1) is 7.09. The van der Waals surface area contributed by atoms with Gasteiger partial charge in [-0.3, -0.25) is 0 Å². The summed E-state index contributed by atoms with van der Waals surface area (Å²) in [6.45, 7) is 9.34. The quantitative estimate of drug-likeness (QED) is 0.501. The van der Waals surface area contributed by atoms with Crippen LogP contribution in [0.4, 0.5) is 0 Å². The van der Waals surface area contributed by atoms with Crippen LogP contribution < -0.4 is 0 Å². The van der Waals surface area contributed by atoms with E-state index in [4.69, 9.17) is 0 Å². The second-order valence-electron chi connectivity index (χ2n) is 5.78. The normalized spacial score (nSPS) is 35.9. The molecule has 3 unspecified atom stereocenters. The number of hydrogen-bond acceptors (Lipinski definition) is 0. The lowest BCUT2D eigenvalue weighted by Crippen LogP contribution is -2.30. The van der Waals surface area contributed by atoms with Gasteiger partial charge in [0.2, 0.25) is 0 Å². The van der Waals surface area contributed by atoms with Crippen LogP contribution in [0.5, 0.6) is 0 Å². The first kappa shape index (κ1) is 11.0. The van der Waals surface area contributed by atoms with Gasteiger partial charge in [-0.2, -0.15) is 0 Å². The molecule has 2 aliphatic rings. The zero-order valence-corrected chi connectivity index (χ0v) is 10.6. The van der Waals surface area contributed by atoms with E-state index in [0.29, 0.717) is 0 Å². The van der Waals surface area contributed by atoms with Crippen LogP contribution in [0.3, 0.4) is 0 Å². The molecule has 0 aliphatic heterocycles. The molecule has 1 saturated carbocycles. The average molecular weight is 204 g/mol. The third-order valence-electron chi connectivity index (χ3n) is 4.44. The second-order valence-corrected chi connectivity index (χ2v) is 5.78. The van der Waals surface area contributed by atoms with E-state index in [1.165, 1.54) is 25.7 Å². The molecule has 0 aromatic heterocycles. The Morgan fingerprint density at radius 2 is 1.93 bits per heavy atom. The van der Waals surface area contributed by atoms with Crippen LogP contribution in [0.25, 0.3) is 0 Å². The van der Waals surface area contributed by atoms with E-state index in [0.717, 1.165) is 17.8 Å². The summed E-state index contributed by atoms with van der Waals surface area (Å²) in [5.74, 6) is 2.65. The van der Waals surface area contributed by atoms with Crippen LogP contribution in [0.15, 0.2) is 22.8 Å². The fraction of sp³-hybridized carbons (Fsp3) is 0.733. The Kier molecular flexibility index (Phi) is 3.04. The molecule has 0 spiro atoms. The van der Waals surface area contributed by atoms with Gasteiger partial charge in [0, 0.05) is 5.92 Å². The van der Waals surface area contributed by atoms with Crippen molar-refractivity contribution in [2.24, 2.45) is 17.8 Å². The van der Waals surface area contributed by atoms with Crippen molar-refractivity contribution in [3.63, 3.8) is 0 Å². The van der Waals surface area contributed by atoms with E-state index in [1.54, 1.807) is 16.7 Å². The molecule has 0 nitrogen and oxygen atoms in total. The van der Waals surface area contributed by atoms with Gasteiger partial charge in [0.15, 0.2) is 0 Å². The van der Waals surface area contributed by atoms with Gasteiger partial charge in [-0.25, -0.2) is 0 Å². The summed E-state index contributed by atoms with van der Waals surface area (Å²) in [6, 6.07) is 0. The summed E-state index contributed by atoms with van der Waals surface area (Å²) in [7, 11) is 0. The van der Waals surface area contributed by atoms with Gasteiger partial charge < -0.3 is 0 Å². The van der Waals surface area contributed by atoms with Crippen molar-refractivity contribution in [2.75, 3.05) is 0 Å². The van der Waals surface area contributed by atoms with Gasteiger partial charge in [-0.15, -0.1) is 0 Å². The summed E-state index contributed by atoms with van der Waals surface area (Å²) in [5.41, 5.74) is 4.93. The Morgan fingerprint density at radius 3 is 2.60 bits per heavy atom. The molecule has 2 rings (SSSR count). The zero-order chi connectivity index (χ0) is 11.0. The third-order valence-corrected chi connectivity index (χ3v) is 4.44. The highest BCUT2D eigenvalue weighted by Gasteiger charge is 2.34. The van der Waals surface area contributed by atoms with Gasteiger partial charge in [-0.05, 0) is 58.3 Å². The molecule has 0 saturated heterocycles. The van der Waals surface area contributed by atoms with Crippen molar-refractivity contribution in [1.82, 2.24) is 0 Å². The van der Waals surface area contributed by atoms with E-state index < -0.39 is 0 Å². The SMILES string of the molecule is CC1=CC2C(=C(C)C)CCC(C)C2CC1. The molecule has 0 aromatic rings. The highest BCUT2D eigenvalue weighted by atomic mass is 14.4. The molecule has 15 heavy (non-hydrogen) atoms. The van der Waals surface area contributed by atoms with Crippen molar-refractivity contribution in [3.05, 3.63) is 22.8 Å². The van der Waals surface area contributed by atoms with E-state index in [9.17, 15) is 0 Å². The molecule has 0 heterocycles. The van der Waals surface area contributed by atoms with Crippen molar-refractivity contribution >= 4 is 0 Å². The minimum Gasteiger partial charge on any atom is -0.0781 e. The summed E-state index contributed by atoms with van der Waals surface area (Å²) in [4.78, 5) is 0. The minimum absolute atomic E-state index is 0.785. The average Bonchev–Trinajstić information content (AvgIpc) is 2.17. The number of fused-ring (bicyclic) bond motifs is 1. The predicted octanol–water partition coefficient (Wildman–Crippen LogP) is 4.73. The molecule has 0 heteroatoms. The highest BCUT2D eigenvalue weighted by Crippen LogP contribution is 2.46. The van der Waals surface area contributed by atoms with Gasteiger partial charge in [0.1, 0.15) is 0 Å². The molecule has 0 bridgehead atoms. The Hall–Kier alpha value is -0.520. The topological polar surface area (TPSA) is 0 Å². The Labute approximate surface area is 94.5 Å². The largest absolute Gasteiger partial charge is 0.0781 e. The van der Waals surface area contributed by atoms with Crippen LogP contribution in [0.1, 0.15) is 53.4 Å². The summed E-state index contributed by atoms with van der Waals surface area (Å²) in [6.07, 6.45) is 8.07. The predicted molar refractivity (Wildman–Crippen MR) is 66.7 cm³/mol. The lowest BCUT2D eigenvalue weighted by molar-refractivity contribution is 0.223. The molecular formula is C15H24. The van der Waals surface area contributed by atoms with E-state index >= 15 is 0 Å². The van der Waals surface area contributed by atoms with Crippen molar-refractivity contribution < 1.29 is 0 Å². The molecule has 0 aromatic carbocycles. The van der Waals surface area contributed by atoms with Crippen LogP contribution in [-0.2, 0) is 0 Å². The van der Waals surface area contributed by atoms with Crippen LogP contribution in [0.2, 0.25) is 0 Å². The number of allylic oxidation sites excluding steroid dienone is 4. The maximum Gasteiger partial charge on any atom is 0.00127 e. The molecule has 0 N–H and O–H groups in total. The van der Waals surface area contributed by atoms with E-state index in [2.05, 4.69) is 33.8 Å². The maximum atomic E-state index is 2.56. The molecule has 3 atom stereocenters. The third kappa shape index (κ3) is 2.04. The van der Waals surface area contributed by atoms with Gasteiger partial charge in [0.25, 0.3) is 0 Å².